The summed E-state index contributed by atoms with van der Waals surface area (Å²) < 4.78 is 13.4. The molecule has 5 aromatic carbocycles. The van der Waals surface area contributed by atoms with Crippen LogP contribution < -0.4 is 19.7 Å². The molecule has 0 aliphatic carbocycles. The third kappa shape index (κ3) is 6.29. The Hall–Kier alpha value is -4.73. The first-order valence-corrected chi connectivity index (χ1v) is 15.2. The minimum atomic E-state index is -0.835. The van der Waals surface area contributed by atoms with E-state index in [0.717, 1.165) is 26.8 Å². The number of urea groups is 1. The minimum absolute atomic E-state index is 0.214. The van der Waals surface area contributed by atoms with Crippen LogP contribution in [0.2, 0.25) is 0 Å². The van der Waals surface area contributed by atoms with Crippen LogP contribution in [-0.4, -0.2) is 17.8 Å². The van der Waals surface area contributed by atoms with Crippen molar-refractivity contribution in [2.45, 2.75) is 13.2 Å². The van der Waals surface area contributed by atoms with E-state index < -0.39 is 17.8 Å². The van der Waals surface area contributed by atoms with Gasteiger partial charge in [0.15, 0.2) is 0 Å². The lowest BCUT2D eigenvalue weighted by molar-refractivity contribution is -0.122. The van der Waals surface area contributed by atoms with Gasteiger partial charge >= 0.3 is 6.03 Å². The molecular weight excluding hydrogens is 688 g/mol. The lowest BCUT2D eigenvalue weighted by Crippen LogP contribution is -2.54. The average Bonchev–Trinajstić information content (AvgIpc) is 3.02. The number of ether oxygens (including phenoxy) is 2. The van der Waals surface area contributed by atoms with Crippen LogP contribution in [-0.2, 0) is 22.8 Å². The van der Waals surface area contributed by atoms with E-state index in [4.69, 9.17) is 9.47 Å². The van der Waals surface area contributed by atoms with Crippen LogP contribution in [0.1, 0.15) is 16.7 Å². The van der Waals surface area contributed by atoms with Crippen molar-refractivity contribution in [2.24, 2.45) is 0 Å². The molecule has 218 valence electrons. The van der Waals surface area contributed by atoms with Crippen LogP contribution in [0.3, 0.4) is 0 Å². The van der Waals surface area contributed by atoms with Gasteiger partial charge in [-0.2, -0.15) is 0 Å². The number of anilines is 1. The summed E-state index contributed by atoms with van der Waals surface area (Å²) in [6.45, 7) is 0.624. The van der Waals surface area contributed by atoms with Crippen molar-refractivity contribution in [3.8, 4) is 11.5 Å². The van der Waals surface area contributed by atoms with Crippen LogP contribution in [0.15, 0.2) is 124 Å². The first kappa shape index (κ1) is 29.3. The third-order valence-electron chi connectivity index (χ3n) is 7.03. The molecule has 0 radical (unpaired) electrons. The molecule has 6 rings (SSSR count). The molecule has 7 nitrogen and oxygen atoms in total. The summed E-state index contributed by atoms with van der Waals surface area (Å²) in [6, 6.07) is 33.0. The predicted molar refractivity (Wildman–Crippen MR) is 176 cm³/mol. The third-order valence-corrected chi connectivity index (χ3v) is 8.08. The number of benzene rings is 5. The fraction of sp³-hybridized carbons (Fsp3) is 0.0571. The molecule has 0 unspecified atom stereocenters. The van der Waals surface area contributed by atoms with Crippen LogP contribution in [0.5, 0.6) is 11.5 Å². The number of rotatable bonds is 8. The summed E-state index contributed by atoms with van der Waals surface area (Å²) in [5, 5.41) is 4.44. The number of imide groups is 2. The Kier molecular flexibility index (Phi) is 8.58. The van der Waals surface area contributed by atoms with Crippen LogP contribution in [0, 0.1) is 0 Å². The van der Waals surface area contributed by atoms with E-state index in [9.17, 15) is 14.4 Å². The lowest BCUT2D eigenvalue weighted by Gasteiger charge is -2.26. The normalized spacial score (nSPS) is 14.2. The molecule has 1 fully saturated rings. The molecular formula is C35H24Br2N2O5. The summed E-state index contributed by atoms with van der Waals surface area (Å²) in [6.07, 6.45) is 1.43. The van der Waals surface area contributed by atoms with Gasteiger partial charge in [-0.05, 0) is 80.3 Å². The average molecular weight is 712 g/mol. The molecule has 0 spiro atoms. The van der Waals surface area contributed by atoms with E-state index in [1.165, 1.54) is 6.08 Å². The number of hydrogen-bond acceptors (Lipinski definition) is 5. The monoisotopic (exact) mass is 710 g/mol. The zero-order valence-electron chi connectivity index (χ0n) is 23.1. The smallest absolute Gasteiger partial charge is 0.335 e. The van der Waals surface area contributed by atoms with E-state index in [1.54, 1.807) is 30.3 Å². The second-order valence-corrected chi connectivity index (χ2v) is 11.7. The number of barbiturate groups is 1. The maximum atomic E-state index is 13.6. The molecule has 0 bridgehead atoms. The summed E-state index contributed by atoms with van der Waals surface area (Å²) in [4.78, 5) is 40.3. The maximum absolute atomic E-state index is 13.6. The molecule has 0 aromatic heterocycles. The molecule has 0 saturated carbocycles. The van der Waals surface area contributed by atoms with Crippen molar-refractivity contribution in [3.63, 3.8) is 0 Å². The quantitative estimate of drug-likeness (QED) is 0.130. The lowest BCUT2D eigenvalue weighted by atomic mass is 10.0. The number of carbonyl (C=O) groups is 3. The van der Waals surface area contributed by atoms with Gasteiger partial charge < -0.3 is 9.47 Å². The van der Waals surface area contributed by atoms with E-state index in [-0.39, 0.29) is 12.2 Å². The topological polar surface area (TPSA) is 84.9 Å². The number of nitrogens with one attached hydrogen (secondary N) is 1. The number of hydrogen-bond donors (Lipinski definition) is 1. The van der Waals surface area contributed by atoms with Gasteiger partial charge in [0.2, 0.25) is 0 Å². The molecule has 1 aliphatic heterocycles. The standard InChI is InChI=1S/C35H24Br2N2O5/c36-26-17-25(32(31(37)19-26)44-21-24-11-6-10-23-9-4-5-12-29(23)24)18-30-33(40)38-35(42)39(34(30)41)27-13-15-28(16-14-27)43-20-22-7-2-1-3-8-22/h1-19H,20-21H2,(H,38,40,42)/b30-18+. The highest BCUT2D eigenvalue weighted by Gasteiger charge is 2.37. The largest absolute Gasteiger partial charge is 0.489 e. The highest BCUT2D eigenvalue weighted by atomic mass is 79.9. The molecule has 44 heavy (non-hydrogen) atoms. The van der Waals surface area contributed by atoms with Crippen molar-refractivity contribution in [3.05, 3.63) is 140 Å². The number of amides is 4. The van der Waals surface area contributed by atoms with Gasteiger partial charge in [0.25, 0.3) is 11.8 Å². The Labute approximate surface area is 270 Å². The van der Waals surface area contributed by atoms with Gasteiger partial charge in [-0.3, -0.25) is 14.9 Å². The van der Waals surface area contributed by atoms with Crippen LogP contribution >= 0.6 is 31.9 Å². The minimum Gasteiger partial charge on any atom is -0.489 e. The second-order valence-electron chi connectivity index (χ2n) is 9.96. The molecule has 5 aromatic rings. The SMILES string of the molecule is O=C1NC(=O)N(c2ccc(OCc3ccccc3)cc2)C(=O)/C1=C/c1cc(Br)cc(Br)c1OCc1cccc2ccccc12. The zero-order chi connectivity index (χ0) is 30.6. The van der Waals surface area contributed by atoms with E-state index in [2.05, 4.69) is 37.2 Å². The molecule has 1 N–H and O–H groups in total. The molecule has 1 aliphatic rings. The molecule has 1 heterocycles. The second kappa shape index (κ2) is 12.9. The van der Waals surface area contributed by atoms with E-state index in [0.29, 0.717) is 38.3 Å². The highest BCUT2D eigenvalue weighted by molar-refractivity contribution is 9.11. The Morgan fingerprint density at radius 3 is 2.27 bits per heavy atom. The highest BCUT2D eigenvalue weighted by Crippen LogP contribution is 2.36. The molecule has 9 heteroatoms. The van der Waals surface area contributed by atoms with Crippen LogP contribution in [0.25, 0.3) is 16.8 Å². The Bertz CT molecular complexity index is 1920. The predicted octanol–water partition coefficient (Wildman–Crippen LogP) is 8.19. The van der Waals surface area contributed by atoms with Gasteiger partial charge in [0.05, 0.1) is 10.2 Å². The van der Waals surface area contributed by atoms with Gasteiger partial charge in [0.1, 0.15) is 30.3 Å². The summed E-state index contributed by atoms with van der Waals surface area (Å²) in [5.41, 5.74) is 2.55. The van der Waals surface area contributed by atoms with Gasteiger partial charge in [-0.15, -0.1) is 0 Å². The van der Waals surface area contributed by atoms with Crippen molar-refractivity contribution < 1.29 is 23.9 Å². The van der Waals surface area contributed by atoms with E-state index in [1.807, 2.05) is 78.9 Å². The summed E-state index contributed by atoms with van der Waals surface area (Å²) in [7, 11) is 0. The van der Waals surface area contributed by atoms with Crippen molar-refractivity contribution in [1.29, 1.82) is 0 Å². The summed E-state index contributed by atoms with van der Waals surface area (Å²) >= 11 is 7.05. The number of nitrogens with zero attached hydrogens (tertiary/aromatic N) is 1. The van der Waals surface area contributed by atoms with Gasteiger partial charge in [-0.1, -0.05) is 88.7 Å². The first-order chi connectivity index (χ1) is 21.4. The number of carbonyl (C=O) groups excluding carboxylic acids is 3. The Morgan fingerprint density at radius 1 is 0.750 bits per heavy atom. The van der Waals surface area contributed by atoms with Gasteiger partial charge in [0, 0.05) is 10.0 Å². The fourth-order valence-electron chi connectivity index (χ4n) is 4.89. The first-order valence-electron chi connectivity index (χ1n) is 13.6. The number of halogens is 2. The molecule has 4 amide bonds. The summed E-state index contributed by atoms with van der Waals surface area (Å²) in [5.74, 6) is -0.540. The molecule has 0 atom stereocenters. The Balaban J connectivity index is 1.26. The molecule has 1 saturated heterocycles. The number of fused-ring (bicyclic) bond motifs is 1. The van der Waals surface area contributed by atoms with Crippen molar-refractivity contribution in [2.75, 3.05) is 4.90 Å². The maximum Gasteiger partial charge on any atom is 0.335 e. The zero-order valence-corrected chi connectivity index (χ0v) is 26.3. The fourth-order valence-corrected chi connectivity index (χ4v) is 6.26. The van der Waals surface area contributed by atoms with E-state index >= 15 is 0 Å². The van der Waals surface area contributed by atoms with Crippen molar-refractivity contribution in [1.82, 2.24) is 5.32 Å². The van der Waals surface area contributed by atoms with Crippen molar-refractivity contribution >= 4 is 72.2 Å². The van der Waals surface area contributed by atoms with Gasteiger partial charge in [-0.25, -0.2) is 9.69 Å². The van der Waals surface area contributed by atoms with Crippen LogP contribution in [0.4, 0.5) is 10.5 Å². The Morgan fingerprint density at radius 2 is 1.48 bits per heavy atom.